The van der Waals surface area contributed by atoms with Crippen LogP contribution in [0.1, 0.15) is 55.6 Å². The van der Waals surface area contributed by atoms with E-state index in [0.717, 1.165) is 4.57 Å². The lowest BCUT2D eigenvalue weighted by Crippen LogP contribution is -2.35. The molecule has 0 fully saturated rings. The first-order chi connectivity index (χ1) is 20.2. The number of benzene rings is 2. The summed E-state index contributed by atoms with van der Waals surface area (Å²) < 4.78 is 44.6. The van der Waals surface area contributed by atoms with Gasteiger partial charge in [0.25, 0.3) is 11.5 Å². The molecule has 9 N–H and O–H groups in total. The third kappa shape index (κ3) is 7.23. The van der Waals surface area contributed by atoms with Crippen molar-refractivity contribution in [3.8, 4) is 17.0 Å². The summed E-state index contributed by atoms with van der Waals surface area (Å²) >= 11 is 0. The zero-order chi connectivity index (χ0) is 32.2. The van der Waals surface area contributed by atoms with Crippen molar-refractivity contribution in [3.63, 3.8) is 0 Å². The lowest BCUT2D eigenvalue weighted by atomic mass is 10.1. The Balaban J connectivity index is 2.01. The summed E-state index contributed by atoms with van der Waals surface area (Å²) in [6.07, 6.45) is 1.99. The highest BCUT2D eigenvalue weighted by molar-refractivity contribution is 5.98. The number of nitrogen functional groups attached to an aromatic ring is 2. The second-order valence-electron chi connectivity index (χ2n) is 10.1. The third-order valence-corrected chi connectivity index (χ3v) is 6.40. The summed E-state index contributed by atoms with van der Waals surface area (Å²) in [5.74, 6) is -9.03. The fraction of sp³-hybridized carbons (Fsp3) is 0.321. The van der Waals surface area contributed by atoms with Crippen LogP contribution >= 0.6 is 0 Å². The van der Waals surface area contributed by atoms with Gasteiger partial charge in [-0.15, -0.1) is 0 Å². The van der Waals surface area contributed by atoms with E-state index in [1.807, 2.05) is 13.8 Å². The molecule has 0 unspecified atom stereocenters. The molecule has 2 amide bonds. The van der Waals surface area contributed by atoms with Crippen molar-refractivity contribution in [2.24, 2.45) is 5.73 Å². The second kappa shape index (κ2) is 13.3. The molecular weight excluding hydrogens is 569 g/mol. The lowest BCUT2D eigenvalue weighted by Gasteiger charge is -2.18. The fourth-order valence-electron chi connectivity index (χ4n) is 4.07. The molecule has 12 nitrogen and oxygen atoms in total. The Morgan fingerprint density at radius 1 is 1.12 bits per heavy atom. The van der Waals surface area contributed by atoms with Gasteiger partial charge in [0, 0.05) is 41.0 Å². The van der Waals surface area contributed by atoms with Crippen LogP contribution in [-0.4, -0.2) is 44.4 Å². The van der Waals surface area contributed by atoms with Crippen molar-refractivity contribution in [3.05, 3.63) is 68.9 Å². The zero-order valence-electron chi connectivity index (χ0n) is 23.9. The molecule has 3 rings (SSSR count). The van der Waals surface area contributed by atoms with Gasteiger partial charge in [0.05, 0.1) is 17.5 Å². The summed E-state index contributed by atoms with van der Waals surface area (Å²) in [7, 11) is 0. The molecule has 2 aromatic carbocycles. The molecule has 0 aliphatic carbocycles. The summed E-state index contributed by atoms with van der Waals surface area (Å²) in [5, 5.41) is 25.0. The first-order valence-electron chi connectivity index (χ1n) is 13.2. The Labute approximate surface area is 244 Å². The number of hydrogen-bond donors (Lipinski definition) is 7. The average molecular weight is 603 g/mol. The van der Waals surface area contributed by atoms with E-state index < -0.39 is 70.6 Å². The van der Waals surface area contributed by atoms with Crippen molar-refractivity contribution in [2.45, 2.75) is 59.3 Å². The summed E-state index contributed by atoms with van der Waals surface area (Å²) in [6, 6.07) is 4.08. The SMILES string of the molecule is CC[C@@H](C)NC(=O)c1cc(N)cc(-c2cnc(NC(C)C)c(=O)n2CC(=O)NCc2c(F)c(O)c(C(=N)N)c(F)c2F)c1. The number of amidine groups is 1. The van der Waals surface area contributed by atoms with Gasteiger partial charge in [-0.2, -0.15) is 0 Å². The van der Waals surface area contributed by atoms with Gasteiger partial charge in [-0.25, -0.2) is 18.2 Å². The van der Waals surface area contributed by atoms with Gasteiger partial charge in [-0.1, -0.05) is 6.92 Å². The number of nitrogens with one attached hydrogen (secondary N) is 4. The van der Waals surface area contributed by atoms with E-state index >= 15 is 0 Å². The normalized spacial score (nSPS) is 11.7. The quantitative estimate of drug-likeness (QED) is 0.0751. The number of rotatable bonds is 11. The van der Waals surface area contributed by atoms with Crippen LogP contribution in [0, 0.1) is 22.9 Å². The monoisotopic (exact) mass is 602 g/mol. The minimum atomic E-state index is -1.76. The maximum absolute atomic E-state index is 14.6. The van der Waals surface area contributed by atoms with Gasteiger partial charge in [0.15, 0.2) is 29.0 Å². The number of anilines is 2. The smallest absolute Gasteiger partial charge is 0.294 e. The van der Waals surface area contributed by atoms with Gasteiger partial charge in [0.2, 0.25) is 5.91 Å². The number of aromatic hydroxyl groups is 1. The van der Waals surface area contributed by atoms with Crippen LogP contribution in [0.2, 0.25) is 0 Å². The van der Waals surface area contributed by atoms with Crippen LogP contribution in [-0.2, 0) is 17.9 Å². The number of nitrogens with two attached hydrogens (primary N) is 2. The van der Waals surface area contributed by atoms with Crippen LogP contribution in [0.4, 0.5) is 24.7 Å². The van der Waals surface area contributed by atoms with Gasteiger partial charge in [-0.3, -0.25) is 24.4 Å². The maximum Gasteiger partial charge on any atom is 0.294 e. The molecule has 0 saturated heterocycles. The number of halogens is 3. The molecule has 230 valence electrons. The molecule has 0 bridgehead atoms. The molecule has 1 atom stereocenters. The topological polar surface area (TPSA) is 201 Å². The fourth-order valence-corrected chi connectivity index (χ4v) is 4.07. The Bertz CT molecular complexity index is 1610. The Hall–Kier alpha value is -5.08. The summed E-state index contributed by atoms with van der Waals surface area (Å²) in [4.78, 5) is 43.3. The van der Waals surface area contributed by atoms with Gasteiger partial charge in [0.1, 0.15) is 12.4 Å². The molecule has 3 aromatic rings. The molecule has 1 aromatic heterocycles. The molecular formula is C28H33F3N8O4. The molecule has 0 aliphatic rings. The number of carbonyl (C=O) groups excluding carboxylic acids is 2. The van der Waals surface area contributed by atoms with Crippen LogP contribution in [0.25, 0.3) is 11.3 Å². The Morgan fingerprint density at radius 2 is 1.79 bits per heavy atom. The number of carbonyl (C=O) groups is 2. The summed E-state index contributed by atoms with van der Waals surface area (Å²) in [5.41, 5.74) is 9.04. The second-order valence-corrected chi connectivity index (χ2v) is 10.1. The first-order valence-corrected chi connectivity index (χ1v) is 13.2. The number of phenolic OH excluding ortho intramolecular Hbond substituents is 1. The van der Waals surface area contributed by atoms with E-state index in [9.17, 15) is 32.7 Å². The zero-order valence-corrected chi connectivity index (χ0v) is 23.9. The van der Waals surface area contributed by atoms with E-state index in [0.29, 0.717) is 6.42 Å². The third-order valence-electron chi connectivity index (χ3n) is 6.40. The minimum absolute atomic E-state index is 0.0888. The molecule has 1 heterocycles. The van der Waals surface area contributed by atoms with E-state index in [4.69, 9.17) is 16.9 Å². The van der Waals surface area contributed by atoms with E-state index in [1.54, 1.807) is 13.8 Å². The van der Waals surface area contributed by atoms with E-state index in [2.05, 4.69) is 20.9 Å². The van der Waals surface area contributed by atoms with Crippen LogP contribution in [0.3, 0.4) is 0 Å². The van der Waals surface area contributed by atoms with Crippen molar-refractivity contribution < 1.29 is 27.9 Å². The van der Waals surface area contributed by atoms with Gasteiger partial charge >= 0.3 is 0 Å². The molecule has 0 saturated carbocycles. The molecule has 43 heavy (non-hydrogen) atoms. The predicted molar refractivity (Wildman–Crippen MR) is 155 cm³/mol. The highest BCUT2D eigenvalue weighted by atomic mass is 19.2. The van der Waals surface area contributed by atoms with Crippen LogP contribution in [0.5, 0.6) is 5.75 Å². The lowest BCUT2D eigenvalue weighted by molar-refractivity contribution is -0.121. The van der Waals surface area contributed by atoms with Crippen LogP contribution in [0.15, 0.2) is 29.2 Å². The number of nitrogens with zero attached hydrogens (tertiary/aromatic N) is 2. The highest BCUT2D eigenvalue weighted by Gasteiger charge is 2.27. The largest absolute Gasteiger partial charge is 0.504 e. The maximum atomic E-state index is 14.6. The highest BCUT2D eigenvalue weighted by Crippen LogP contribution is 2.30. The minimum Gasteiger partial charge on any atom is -0.504 e. The summed E-state index contributed by atoms with van der Waals surface area (Å²) in [6.45, 7) is 5.67. The van der Waals surface area contributed by atoms with Crippen molar-refractivity contribution >= 4 is 29.2 Å². The van der Waals surface area contributed by atoms with Crippen molar-refractivity contribution in [1.29, 1.82) is 5.41 Å². The Kier molecular flexibility index (Phi) is 10.0. The van der Waals surface area contributed by atoms with Crippen molar-refractivity contribution in [2.75, 3.05) is 11.1 Å². The van der Waals surface area contributed by atoms with E-state index in [1.165, 1.54) is 24.4 Å². The molecule has 0 radical (unpaired) electrons. The average Bonchev–Trinajstić information content (AvgIpc) is 2.93. The number of amides is 2. The number of hydrogen-bond acceptors (Lipinski definition) is 8. The number of phenols is 1. The molecule has 0 aliphatic heterocycles. The van der Waals surface area contributed by atoms with Gasteiger partial charge < -0.3 is 32.5 Å². The Morgan fingerprint density at radius 3 is 2.40 bits per heavy atom. The van der Waals surface area contributed by atoms with Gasteiger partial charge in [-0.05, 0) is 45.4 Å². The van der Waals surface area contributed by atoms with E-state index in [-0.39, 0.29) is 40.4 Å². The predicted octanol–water partition coefficient (Wildman–Crippen LogP) is 2.56. The molecule has 15 heteroatoms. The number of aromatic nitrogens is 2. The van der Waals surface area contributed by atoms with Crippen molar-refractivity contribution in [1.82, 2.24) is 20.2 Å². The first kappa shape index (κ1) is 32.4. The standard InChI is InChI=1S/C28H33F3N8O4/c1-5-13(4)38-27(42)15-6-14(7-16(32)8-15)18-10-36-26(37-12(2)3)28(43)39(18)11-19(40)35-9-17-21(29)23(31)20(25(33)34)24(41)22(17)30/h6-8,10,12-13,41H,5,9,11,32H2,1-4H3,(H3,33,34)(H,35,40)(H,36,37)(H,38,42)/t13-/m1/s1. The van der Waals surface area contributed by atoms with Crippen LogP contribution < -0.4 is 33.0 Å². The molecule has 0 spiro atoms.